The molecule has 1 aliphatic heterocycles. The van der Waals surface area contributed by atoms with Gasteiger partial charge in [-0.3, -0.25) is 24.0 Å². The second-order valence-electron chi connectivity index (χ2n) is 23.8. The highest BCUT2D eigenvalue weighted by Crippen LogP contribution is 2.29. The Morgan fingerprint density at radius 1 is 0.517 bits per heavy atom. The largest absolute Gasteiger partial charge is 0.461 e. The summed E-state index contributed by atoms with van der Waals surface area (Å²) in [5, 5.41) is 17.6. The van der Waals surface area contributed by atoms with Crippen molar-refractivity contribution in [1.82, 2.24) is 10.6 Å². The van der Waals surface area contributed by atoms with Crippen LogP contribution in [-0.2, 0) is 86.5 Å². The zero-order valence-electron chi connectivity index (χ0n) is 52.7. The minimum Gasteiger partial charge on any atom is -0.461 e. The first-order chi connectivity index (χ1) is 42.0. The average molecular weight is 1220 g/mol. The van der Waals surface area contributed by atoms with Crippen molar-refractivity contribution in [2.75, 3.05) is 6.61 Å². The van der Waals surface area contributed by atoms with Crippen molar-refractivity contribution in [3.05, 3.63) is 108 Å². The van der Waals surface area contributed by atoms with Gasteiger partial charge in [-0.1, -0.05) is 233 Å². The smallest absolute Gasteiger partial charge is 0.408 e. The number of esters is 5. The van der Waals surface area contributed by atoms with Crippen LogP contribution in [0, 0.1) is 0 Å². The van der Waals surface area contributed by atoms with Crippen LogP contribution in [0.2, 0.25) is 0 Å². The summed E-state index contributed by atoms with van der Waals surface area (Å²) >= 11 is 0. The van der Waals surface area contributed by atoms with E-state index >= 15 is 0 Å². The highest BCUT2D eigenvalue weighted by Gasteiger charge is 2.50. The number of rotatable bonds is 44. The summed E-state index contributed by atoms with van der Waals surface area (Å²) in [7, 11) is 0. The molecule has 18 heteroatoms. The van der Waals surface area contributed by atoms with E-state index in [1.54, 1.807) is 99.6 Å². The molecular formula is C69H102N2O16. The van der Waals surface area contributed by atoms with Gasteiger partial charge in [0.25, 0.3) is 0 Å². The molecule has 2 amide bonds. The predicted octanol–water partition coefficient (Wildman–Crippen LogP) is 13.1. The predicted molar refractivity (Wildman–Crippen MR) is 330 cm³/mol. The quantitative estimate of drug-likeness (QED) is 0.0271. The van der Waals surface area contributed by atoms with Gasteiger partial charge in [0.1, 0.15) is 56.3 Å². The average Bonchev–Trinajstić information content (AvgIpc) is 1.23. The summed E-state index contributed by atoms with van der Waals surface area (Å²) < 4.78 is 47.1. The molecule has 0 unspecified atom stereocenters. The summed E-state index contributed by atoms with van der Waals surface area (Å²) in [6, 6.07) is 23.7. The van der Waals surface area contributed by atoms with Crippen LogP contribution in [0.15, 0.2) is 91.0 Å². The minimum absolute atomic E-state index is 0.0206. The first kappa shape index (κ1) is 73.1. The maximum atomic E-state index is 14.1. The normalized spacial score (nSPS) is 16.9. The van der Waals surface area contributed by atoms with Gasteiger partial charge in [-0.05, 0) is 50.3 Å². The maximum Gasteiger partial charge on any atom is 0.408 e. The fourth-order valence-corrected chi connectivity index (χ4v) is 10.0. The van der Waals surface area contributed by atoms with E-state index in [1.807, 2.05) is 12.1 Å². The summed E-state index contributed by atoms with van der Waals surface area (Å²) in [5.41, 5.74) is 1.10. The van der Waals surface area contributed by atoms with Crippen molar-refractivity contribution < 1.29 is 76.6 Å². The standard InChI is InChI=1S/C69H102N2O16/c1-6-8-10-12-14-16-18-20-22-24-35-43-58(72)71-63-65(86-59(73)44-36-25-23-21-19-17-15-13-11-9-7-2)64(77)57(51-83-66(78)56(70-68(79)87-69(3,4)5)47-62(76)82-50-54-41-33-28-34-42-54)85-67(63)84-55(45-60(74)80-48-52-37-29-26-30-38-52)46-61(75)81-49-53-39-31-27-32-40-53/h26-34,37-42,55-57,63-65,67,77H,6-25,35-36,43-51H2,1-5H3,(H,70,79)(H,71,72)/t56-,57-,63-,64-,65-,67+/m1/s1. The second-order valence-corrected chi connectivity index (χ2v) is 23.8. The maximum absolute atomic E-state index is 14.1. The van der Waals surface area contributed by atoms with Crippen molar-refractivity contribution in [2.24, 2.45) is 0 Å². The Kier molecular flexibility index (Phi) is 36.4. The van der Waals surface area contributed by atoms with E-state index in [-0.39, 0.29) is 32.7 Å². The highest BCUT2D eigenvalue weighted by molar-refractivity contribution is 5.86. The molecule has 0 aliphatic carbocycles. The lowest BCUT2D eigenvalue weighted by Gasteiger charge is -2.44. The van der Waals surface area contributed by atoms with Gasteiger partial charge in [0.05, 0.1) is 25.4 Å². The third-order valence-electron chi connectivity index (χ3n) is 14.8. The molecule has 0 bridgehead atoms. The van der Waals surface area contributed by atoms with Crippen molar-refractivity contribution in [2.45, 2.75) is 276 Å². The summed E-state index contributed by atoms with van der Waals surface area (Å²) in [4.78, 5) is 96.1. The first-order valence-electron chi connectivity index (χ1n) is 32.3. The SMILES string of the molecule is CCCCCCCCCCCCCC(=O)N[C@H]1[C@@H](OC(CC(=O)OCc2ccccc2)CC(=O)OCc2ccccc2)O[C@H](COC(=O)[C@@H](CC(=O)OCc2ccccc2)NC(=O)OC(C)(C)C)[C@@H](O)[C@@H]1OC(=O)CCCCCCCCCCCCC. The van der Waals surface area contributed by atoms with Crippen LogP contribution in [0.4, 0.5) is 4.79 Å². The Hall–Kier alpha value is -6.37. The number of hydrogen-bond acceptors (Lipinski definition) is 16. The lowest BCUT2D eigenvalue weighted by Crippen LogP contribution is -2.66. The van der Waals surface area contributed by atoms with Gasteiger partial charge in [-0.15, -0.1) is 0 Å². The Morgan fingerprint density at radius 2 is 0.920 bits per heavy atom. The fourth-order valence-electron chi connectivity index (χ4n) is 10.0. The van der Waals surface area contributed by atoms with Gasteiger partial charge in [0.15, 0.2) is 12.4 Å². The molecule has 1 fully saturated rings. The molecule has 0 spiro atoms. The van der Waals surface area contributed by atoms with Crippen LogP contribution in [0.25, 0.3) is 0 Å². The van der Waals surface area contributed by atoms with E-state index in [9.17, 15) is 38.7 Å². The Morgan fingerprint density at radius 3 is 1.34 bits per heavy atom. The van der Waals surface area contributed by atoms with Crippen LogP contribution in [0.5, 0.6) is 0 Å². The summed E-state index contributed by atoms with van der Waals surface area (Å²) in [6.45, 7) is 8.19. The Labute approximate surface area is 517 Å². The molecule has 6 atom stereocenters. The second kappa shape index (κ2) is 43.3. The molecule has 1 saturated heterocycles. The number of aliphatic hydroxyl groups is 1. The number of carbonyl (C=O) groups is 7. The molecule has 484 valence electrons. The van der Waals surface area contributed by atoms with Crippen LogP contribution in [0.1, 0.15) is 225 Å². The van der Waals surface area contributed by atoms with Crippen molar-refractivity contribution in [3.8, 4) is 0 Å². The number of ether oxygens (including phenoxy) is 8. The fraction of sp³-hybridized carbons (Fsp3) is 0.638. The number of amides is 2. The molecule has 1 aliphatic rings. The monoisotopic (exact) mass is 1210 g/mol. The van der Waals surface area contributed by atoms with E-state index in [0.29, 0.717) is 29.5 Å². The number of benzene rings is 3. The van der Waals surface area contributed by atoms with E-state index in [0.717, 1.165) is 57.8 Å². The number of hydrogen-bond donors (Lipinski definition) is 3. The molecule has 18 nitrogen and oxygen atoms in total. The van der Waals surface area contributed by atoms with E-state index in [1.165, 1.54) is 70.6 Å². The van der Waals surface area contributed by atoms with Crippen LogP contribution in [-0.4, -0.2) is 102 Å². The molecule has 4 rings (SSSR count). The Balaban J connectivity index is 1.64. The van der Waals surface area contributed by atoms with E-state index in [4.69, 9.17) is 37.9 Å². The number of unbranched alkanes of at least 4 members (excludes halogenated alkanes) is 20. The third-order valence-corrected chi connectivity index (χ3v) is 14.8. The lowest BCUT2D eigenvalue weighted by molar-refractivity contribution is -0.286. The lowest BCUT2D eigenvalue weighted by atomic mass is 9.95. The van der Waals surface area contributed by atoms with Gasteiger partial charge >= 0.3 is 35.9 Å². The molecular weight excluding hydrogens is 1110 g/mol. The first-order valence-corrected chi connectivity index (χ1v) is 32.3. The number of carbonyl (C=O) groups excluding carboxylic acids is 7. The number of aliphatic hydroxyl groups excluding tert-OH is 1. The van der Waals surface area contributed by atoms with Crippen molar-refractivity contribution in [1.29, 1.82) is 0 Å². The van der Waals surface area contributed by atoms with E-state index < -0.39 is 116 Å². The minimum atomic E-state index is -1.80. The van der Waals surface area contributed by atoms with Crippen molar-refractivity contribution >= 4 is 41.8 Å². The molecule has 3 aromatic rings. The molecule has 0 radical (unpaired) electrons. The van der Waals surface area contributed by atoms with Gasteiger partial charge in [0.2, 0.25) is 5.91 Å². The van der Waals surface area contributed by atoms with Crippen LogP contribution >= 0.6 is 0 Å². The van der Waals surface area contributed by atoms with Crippen LogP contribution in [0.3, 0.4) is 0 Å². The number of alkyl carbamates (subject to hydrolysis) is 1. The molecule has 1 heterocycles. The van der Waals surface area contributed by atoms with Gasteiger partial charge in [-0.2, -0.15) is 0 Å². The topological polar surface area (TPSA) is 238 Å². The Bertz CT molecular complexity index is 2350. The zero-order chi connectivity index (χ0) is 62.9. The molecule has 0 aromatic heterocycles. The van der Waals surface area contributed by atoms with Gasteiger partial charge in [-0.25, -0.2) is 9.59 Å². The molecule has 87 heavy (non-hydrogen) atoms. The summed E-state index contributed by atoms with van der Waals surface area (Å²) in [6.07, 6.45) is 12.6. The molecule has 0 saturated carbocycles. The molecule has 3 N–H and O–H groups in total. The van der Waals surface area contributed by atoms with Gasteiger partial charge in [0, 0.05) is 12.8 Å². The van der Waals surface area contributed by atoms with E-state index in [2.05, 4.69) is 24.5 Å². The summed E-state index contributed by atoms with van der Waals surface area (Å²) in [5.74, 6) is -4.65. The van der Waals surface area contributed by atoms with Gasteiger partial charge < -0.3 is 53.6 Å². The van der Waals surface area contributed by atoms with Crippen LogP contribution < -0.4 is 10.6 Å². The van der Waals surface area contributed by atoms with Crippen molar-refractivity contribution in [3.63, 3.8) is 0 Å². The number of nitrogens with one attached hydrogen (secondary N) is 2. The molecule has 3 aromatic carbocycles. The third kappa shape index (κ3) is 33.0. The highest BCUT2D eigenvalue weighted by atomic mass is 16.7. The zero-order valence-corrected chi connectivity index (χ0v) is 52.7.